The summed E-state index contributed by atoms with van der Waals surface area (Å²) in [6, 6.07) is 6.52. The number of halogens is 1. The number of carbonyl (C=O) groups is 1. The largest absolute Gasteiger partial charge is 0.465 e. The number of methoxy groups -OCH3 is 1. The summed E-state index contributed by atoms with van der Waals surface area (Å²) in [6.07, 6.45) is -0.160. The number of esters is 1. The van der Waals surface area contributed by atoms with E-state index in [2.05, 4.69) is 4.74 Å². The smallest absolute Gasteiger partial charge is 0.339 e. The molecule has 7 nitrogen and oxygen atoms in total. The lowest BCUT2D eigenvalue weighted by Gasteiger charge is -2.34. The van der Waals surface area contributed by atoms with Crippen molar-refractivity contribution in [1.29, 1.82) is 0 Å². The van der Waals surface area contributed by atoms with Crippen LogP contribution in [0.1, 0.15) is 21.3 Å². The van der Waals surface area contributed by atoms with Crippen LogP contribution < -0.4 is 4.90 Å². The zero-order chi connectivity index (χ0) is 18.0. The normalized spacial score (nSPS) is 17.4. The highest BCUT2D eigenvalue weighted by molar-refractivity contribution is 7.10. The fourth-order valence-electron chi connectivity index (χ4n) is 2.73. The summed E-state index contributed by atoms with van der Waals surface area (Å²) in [5.41, 5.74) is 0.159. The molecule has 25 heavy (non-hydrogen) atoms. The molecule has 3 rings (SSSR count). The maximum Gasteiger partial charge on any atom is 0.339 e. The molecule has 1 aliphatic rings. The van der Waals surface area contributed by atoms with Crippen molar-refractivity contribution in [2.24, 2.45) is 0 Å². The third-order valence-corrected chi connectivity index (χ3v) is 5.21. The van der Waals surface area contributed by atoms with Crippen molar-refractivity contribution in [3.8, 4) is 0 Å². The first kappa shape index (κ1) is 17.7. The molecule has 1 saturated heterocycles. The molecule has 0 radical (unpaired) electrons. The molecule has 1 atom stereocenters. The number of benzene rings is 1. The van der Waals surface area contributed by atoms with Gasteiger partial charge in [-0.25, -0.2) is 4.79 Å². The zero-order valence-electron chi connectivity index (χ0n) is 13.3. The lowest BCUT2D eigenvalue weighted by Crippen LogP contribution is -2.38. The molecule has 1 fully saturated rings. The molecule has 0 spiro atoms. The molecule has 9 heteroatoms. The van der Waals surface area contributed by atoms with Gasteiger partial charge in [0.05, 0.1) is 29.2 Å². The number of carbonyl (C=O) groups excluding carboxylic acids is 1. The Kier molecular flexibility index (Phi) is 5.22. The van der Waals surface area contributed by atoms with Gasteiger partial charge in [-0.1, -0.05) is 17.7 Å². The van der Waals surface area contributed by atoms with Gasteiger partial charge in [-0.3, -0.25) is 10.1 Å². The highest BCUT2D eigenvalue weighted by Gasteiger charge is 2.29. The topological polar surface area (TPSA) is 81.9 Å². The number of nitro benzene ring substituents is 1. The molecule has 1 aromatic carbocycles. The van der Waals surface area contributed by atoms with Crippen LogP contribution in [0, 0.1) is 10.1 Å². The van der Waals surface area contributed by atoms with E-state index in [9.17, 15) is 14.9 Å². The molecule has 1 aromatic heterocycles. The van der Waals surface area contributed by atoms with Crippen molar-refractivity contribution in [2.75, 3.05) is 31.7 Å². The molecule has 0 amide bonds. The van der Waals surface area contributed by atoms with Crippen LogP contribution in [0.25, 0.3) is 0 Å². The molecular weight excluding hydrogens is 368 g/mol. The molecule has 2 heterocycles. The third-order valence-electron chi connectivity index (χ3n) is 3.93. The van der Waals surface area contributed by atoms with Gasteiger partial charge in [-0.2, -0.15) is 0 Å². The molecule has 1 aliphatic heterocycles. The Labute approximate surface area is 152 Å². The molecule has 2 aromatic rings. The Bertz CT molecular complexity index is 796. The first-order valence-corrected chi connectivity index (χ1v) is 8.73. The second-order valence-corrected chi connectivity index (χ2v) is 6.78. The quantitative estimate of drug-likeness (QED) is 0.456. The van der Waals surface area contributed by atoms with Gasteiger partial charge in [0.25, 0.3) is 5.69 Å². The highest BCUT2D eigenvalue weighted by Crippen LogP contribution is 2.37. The maximum atomic E-state index is 11.7. The van der Waals surface area contributed by atoms with E-state index in [-0.39, 0.29) is 22.4 Å². The lowest BCUT2D eigenvalue weighted by molar-refractivity contribution is -0.384. The van der Waals surface area contributed by atoms with Gasteiger partial charge in [-0.15, -0.1) is 11.3 Å². The highest BCUT2D eigenvalue weighted by atomic mass is 35.5. The summed E-state index contributed by atoms with van der Waals surface area (Å²) in [6.45, 7) is 1.40. The minimum absolute atomic E-state index is 0.0253. The monoisotopic (exact) mass is 382 g/mol. The molecule has 1 unspecified atom stereocenters. The summed E-state index contributed by atoms with van der Waals surface area (Å²) >= 11 is 7.73. The zero-order valence-corrected chi connectivity index (χ0v) is 14.9. The van der Waals surface area contributed by atoms with Crippen molar-refractivity contribution >= 4 is 40.3 Å². The first-order valence-electron chi connectivity index (χ1n) is 7.47. The number of rotatable bonds is 4. The van der Waals surface area contributed by atoms with E-state index in [4.69, 9.17) is 16.3 Å². The average Bonchev–Trinajstić information content (AvgIpc) is 3.15. The fraction of sp³-hybridized carbons (Fsp3) is 0.312. The minimum Gasteiger partial charge on any atom is -0.465 e. The number of hydrogen-bond acceptors (Lipinski definition) is 7. The van der Waals surface area contributed by atoms with Gasteiger partial charge in [0.15, 0.2) is 0 Å². The van der Waals surface area contributed by atoms with Crippen molar-refractivity contribution in [3.05, 3.63) is 55.2 Å². The van der Waals surface area contributed by atoms with Crippen molar-refractivity contribution in [2.45, 2.75) is 6.10 Å². The van der Waals surface area contributed by atoms with Crippen LogP contribution in [-0.2, 0) is 9.47 Å². The molecule has 132 valence electrons. The predicted molar refractivity (Wildman–Crippen MR) is 94.7 cm³/mol. The van der Waals surface area contributed by atoms with Crippen LogP contribution in [0.4, 0.5) is 11.4 Å². The average molecular weight is 383 g/mol. The minimum atomic E-state index is -0.710. The Morgan fingerprint density at radius 2 is 2.32 bits per heavy atom. The van der Waals surface area contributed by atoms with E-state index in [0.717, 1.165) is 4.88 Å². The Hall–Kier alpha value is -2.16. The van der Waals surface area contributed by atoms with Crippen LogP contribution in [0.5, 0.6) is 0 Å². The number of morpholine rings is 1. The Morgan fingerprint density at radius 1 is 1.52 bits per heavy atom. The first-order chi connectivity index (χ1) is 12.0. The number of thiophene rings is 1. The summed E-state index contributed by atoms with van der Waals surface area (Å²) in [5.74, 6) is -0.710. The number of hydrogen-bond donors (Lipinski definition) is 0. The van der Waals surface area contributed by atoms with E-state index in [1.54, 1.807) is 11.3 Å². The predicted octanol–water partition coefficient (Wildman–Crippen LogP) is 3.67. The number of anilines is 1. The number of nitrogens with zero attached hydrogens (tertiary/aromatic N) is 2. The number of ether oxygens (including phenoxy) is 2. The molecular formula is C16H15ClN2O5S. The van der Waals surface area contributed by atoms with Gasteiger partial charge in [-0.05, 0) is 17.5 Å². The van der Waals surface area contributed by atoms with Gasteiger partial charge < -0.3 is 14.4 Å². The standard InChI is InChI=1S/C16H15ClN2O5S/c1-23-16(20)10-7-13(19(21)22)12(8-11(10)17)18-4-5-24-14(9-18)15-3-2-6-25-15/h2-3,6-8,14H,4-5,9H2,1H3. The van der Waals surface area contributed by atoms with Crippen LogP contribution in [0.15, 0.2) is 29.6 Å². The molecule has 0 bridgehead atoms. The third kappa shape index (κ3) is 3.60. The van der Waals surface area contributed by atoms with E-state index in [1.807, 2.05) is 22.4 Å². The molecule has 0 aliphatic carbocycles. The second-order valence-electron chi connectivity index (χ2n) is 5.39. The van der Waals surface area contributed by atoms with Crippen LogP contribution in [-0.4, -0.2) is 37.7 Å². The van der Waals surface area contributed by atoms with Gasteiger partial charge in [0, 0.05) is 24.0 Å². The van der Waals surface area contributed by atoms with Crippen LogP contribution in [0.2, 0.25) is 5.02 Å². The van der Waals surface area contributed by atoms with Gasteiger partial charge in [0.2, 0.25) is 0 Å². The van der Waals surface area contributed by atoms with Gasteiger partial charge in [0.1, 0.15) is 11.8 Å². The van der Waals surface area contributed by atoms with Crippen molar-refractivity contribution < 1.29 is 19.2 Å². The lowest BCUT2D eigenvalue weighted by atomic mass is 10.1. The SMILES string of the molecule is COC(=O)c1cc([N+](=O)[O-])c(N2CCOC(c3cccs3)C2)cc1Cl. The van der Waals surface area contributed by atoms with E-state index in [0.29, 0.717) is 25.4 Å². The van der Waals surface area contributed by atoms with Crippen LogP contribution in [0.3, 0.4) is 0 Å². The van der Waals surface area contributed by atoms with Crippen molar-refractivity contribution in [3.63, 3.8) is 0 Å². The van der Waals surface area contributed by atoms with E-state index in [1.165, 1.54) is 19.2 Å². The summed E-state index contributed by atoms with van der Waals surface area (Å²) in [4.78, 5) is 25.6. The summed E-state index contributed by atoms with van der Waals surface area (Å²) in [5, 5.41) is 13.6. The van der Waals surface area contributed by atoms with E-state index >= 15 is 0 Å². The van der Waals surface area contributed by atoms with Crippen molar-refractivity contribution in [1.82, 2.24) is 0 Å². The van der Waals surface area contributed by atoms with Crippen LogP contribution >= 0.6 is 22.9 Å². The molecule has 0 N–H and O–H groups in total. The summed E-state index contributed by atoms with van der Waals surface area (Å²) < 4.78 is 10.4. The maximum absolute atomic E-state index is 11.7. The number of nitro groups is 1. The molecule has 0 saturated carbocycles. The van der Waals surface area contributed by atoms with E-state index < -0.39 is 10.9 Å². The van der Waals surface area contributed by atoms with Gasteiger partial charge >= 0.3 is 5.97 Å². The fourth-order valence-corrected chi connectivity index (χ4v) is 3.73. The second kappa shape index (κ2) is 7.38. The Balaban J connectivity index is 1.96. The summed E-state index contributed by atoms with van der Waals surface area (Å²) in [7, 11) is 1.20. The Morgan fingerprint density at radius 3 is 2.96 bits per heavy atom.